The van der Waals surface area contributed by atoms with Crippen molar-refractivity contribution < 1.29 is 0 Å². The maximum atomic E-state index is 5.85. The fourth-order valence-electron chi connectivity index (χ4n) is 18.2. The first kappa shape index (κ1) is 56.9. The quantitative estimate of drug-likeness (QED) is 0.160. The Morgan fingerprint density at radius 1 is 0.230 bits per heavy atom. The van der Waals surface area contributed by atoms with Crippen molar-refractivity contribution in [3.63, 3.8) is 0 Å². The van der Waals surface area contributed by atoms with Crippen LogP contribution in [-0.4, -0.2) is 23.7 Å². The summed E-state index contributed by atoms with van der Waals surface area (Å²) in [4.78, 5) is 11.6. The Hall–Kier alpha value is -12.2. The largest absolute Gasteiger partial charge is 0.309 e. The highest BCUT2D eigenvalue weighted by atomic mass is 15.2. The maximum Gasteiger partial charge on any atom is 0.237 e. The molecule has 0 unspecified atom stereocenters. The van der Waals surface area contributed by atoms with Crippen LogP contribution in [0.2, 0.25) is 0 Å². The van der Waals surface area contributed by atoms with Gasteiger partial charge in [-0.3, -0.25) is 9.13 Å². The molecule has 0 atom stereocenters. The second-order valence-corrected chi connectivity index (χ2v) is 29.7. The van der Waals surface area contributed by atoms with E-state index in [2.05, 4.69) is 352 Å². The zero-order valence-corrected chi connectivity index (χ0v) is 56.5. The highest BCUT2D eigenvalue weighted by Crippen LogP contribution is 2.53. The topological polar surface area (TPSA) is 40.6 Å². The lowest BCUT2D eigenvalue weighted by atomic mass is 9.81. The van der Waals surface area contributed by atoms with Gasteiger partial charge in [-0.05, 0) is 184 Å². The first-order valence-corrected chi connectivity index (χ1v) is 35.1. The molecule has 5 heteroatoms. The first-order chi connectivity index (χ1) is 48.8. The Morgan fingerprint density at radius 2 is 0.570 bits per heavy atom. The lowest BCUT2D eigenvalue weighted by molar-refractivity contribution is 0.660. The molecule has 0 saturated heterocycles. The van der Waals surface area contributed by atoms with E-state index in [0.717, 1.165) is 88.3 Å². The molecule has 14 aromatic carbocycles. The molecule has 472 valence electrons. The zero-order valence-electron chi connectivity index (χ0n) is 56.5. The van der Waals surface area contributed by atoms with Crippen molar-refractivity contribution in [3.05, 3.63) is 331 Å². The molecule has 3 aliphatic rings. The fourth-order valence-corrected chi connectivity index (χ4v) is 18.2. The molecule has 0 spiro atoms. The molecule has 21 rings (SSSR count). The van der Waals surface area contributed by atoms with Gasteiger partial charge in [-0.2, -0.15) is 4.98 Å². The van der Waals surface area contributed by atoms with Crippen molar-refractivity contribution >= 4 is 76.2 Å². The summed E-state index contributed by atoms with van der Waals surface area (Å²) >= 11 is 0. The van der Waals surface area contributed by atoms with E-state index in [1.165, 1.54) is 111 Å². The van der Waals surface area contributed by atoms with Gasteiger partial charge in [0.05, 0.1) is 38.8 Å². The molecule has 0 saturated carbocycles. The van der Waals surface area contributed by atoms with Gasteiger partial charge in [0.1, 0.15) is 5.82 Å². The number of fused-ring (bicyclic) bond motifs is 19. The molecule has 0 aliphatic heterocycles. The molecule has 0 amide bonds. The molecule has 4 heterocycles. The lowest BCUT2D eigenvalue weighted by Gasteiger charge is -2.22. The normalized spacial score (nSPS) is 14.3. The van der Waals surface area contributed by atoms with Gasteiger partial charge in [-0.15, -0.1) is 0 Å². The molecule has 0 radical (unpaired) electrons. The summed E-state index contributed by atoms with van der Waals surface area (Å²) in [7, 11) is 0. The molecular formula is C95H67N5. The molecule has 4 aromatic heterocycles. The summed E-state index contributed by atoms with van der Waals surface area (Å²) in [5.41, 5.74) is 32.4. The van der Waals surface area contributed by atoms with Crippen molar-refractivity contribution in [3.8, 4) is 95.5 Å². The summed E-state index contributed by atoms with van der Waals surface area (Å²) in [6.45, 7) is 14.2. The minimum atomic E-state index is -0.137. The van der Waals surface area contributed by atoms with Gasteiger partial charge in [0.15, 0.2) is 0 Å². The van der Waals surface area contributed by atoms with E-state index in [1.54, 1.807) is 0 Å². The van der Waals surface area contributed by atoms with Crippen LogP contribution in [0.15, 0.2) is 297 Å². The molecule has 3 aliphatic carbocycles. The van der Waals surface area contributed by atoms with Gasteiger partial charge < -0.3 is 4.57 Å². The van der Waals surface area contributed by atoms with Crippen molar-refractivity contribution in [2.75, 3.05) is 0 Å². The SMILES string of the molecule is CC1(C)c2ccccc2-c2ccc(-c3ccc4c5ccccc5n(-c5ccc6cc(-c7cc(-n8c9ccccc9c9ccc(-c%10ccc%11c(c%10)C(C)(C)c%10ccccc%10-%11)cc98)nc(-n8c9ccccc9c9ccc(-c%10ccc%11c(c%10)C(C)(C)c%10ccccc%10-%11)cc98)n7)ccc6c5)c4c3)cc21. The molecule has 0 bridgehead atoms. The number of aromatic nitrogens is 5. The summed E-state index contributed by atoms with van der Waals surface area (Å²) in [5, 5.41) is 9.34. The fraction of sp³-hybridized carbons (Fsp3) is 0.0947. The molecular weight excluding hydrogens is 1210 g/mol. The lowest BCUT2D eigenvalue weighted by Crippen LogP contribution is -2.14. The highest BCUT2D eigenvalue weighted by Gasteiger charge is 2.38. The monoisotopic (exact) mass is 1280 g/mol. The average molecular weight is 1280 g/mol. The zero-order chi connectivity index (χ0) is 66.7. The van der Waals surface area contributed by atoms with Crippen molar-refractivity contribution in [1.82, 2.24) is 23.7 Å². The predicted molar refractivity (Wildman–Crippen MR) is 417 cm³/mol. The summed E-state index contributed by atoms with van der Waals surface area (Å²) in [6, 6.07) is 111. The van der Waals surface area contributed by atoms with Gasteiger partial charge in [-0.1, -0.05) is 260 Å². The van der Waals surface area contributed by atoms with E-state index >= 15 is 0 Å². The van der Waals surface area contributed by atoms with Gasteiger partial charge in [0.25, 0.3) is 0 Å². The van der Waals surface area contributed by atoms with Crippen LogP contribution in [0.4, 0.5) is 0 Å². The van der Waals surface area contributed by atoms with E-state index in [0.29, 0.717) is 5.95 Å². The number of para-hydroxylation sites is 3. The van der Waals surface area contributed by atoms with E-state index in [4.69, 9.17) is 9.97 Å². The number of hydrogen-bond acceptors (Lipinski definition) is 2. The number of benzene rings is 14. The minimum Gasteiger partial charge on any atom is -0.309 e. The molecule has 5 nitrogen and oxygen atoms in total. The maximum absolute atomic E-state index is 5.85. The van der Waals surface area contributed by atoms with Crippen LogP contribution in [0.3, 0.4) is 0 Å². The van der Waals surface area contributed by atoms with Gasteiger partial charge in [0, 0.05) is 65.9 Å². The third kappa shape index (κ3) is 8.00. The average Bonchev–Trinajstić information content (AvgIpc) is 1.59. The van der Waals surface area contributed by atoms with Gasteiger partial charge in [-0.25, -0.2) is 4.98 Å². The van der Waals surface area contributed by atoms with Crippen LogP contribution in [0.1, 0.15) is 74.9 Å². The summed E-state index contributed by atoms with van der Waals surface area (Å²) < 4.78 is 7.15. The second-order valence-electron chi connectivity index (χ2n) is 29.7. The summed E-state index contributed by atoms with van der Waals surface area (Å²) in [5.74, 6) is 1.38. The third-order valence-electron chi connectivity index (χ3n) is 23.3. The van der Waals surface area contributed by atoms with Crippen LogP contribution in [-0.2, 0) is 16.2 Å². The third-order valence-corrected chi connectivity index (χ3v) is 23.3. The molecule has 100 heavy (non-hydrogen) atoms. The van der Waals surface area contributed by atoms with E-state index in [1.807, 2.05) is 0 Å². The Morgan fingerprint density at radius 3 is 1.05 bits per heavy atom. The van der Waals surface area contributed by atoms with Crippen molar-refractivity contribution in [1.29, 1.82) is 0 Å². The molecule has 0 fully saturated rings. The Labute approximate surface area is 580 Å². The Balaban J connectivity index is 0.739. The van der Waals surface area contributed by atoms with Gasteiger partial charge >= 0.3 is 0 Å². The van der Waals surface area contributed by atoms with Gasteiger partial charge in [0.2, 0.25) is 5.95 Å². The standard InChI is InChI=1S/C95H67N5/c1-93(2)78-25-13-7-19-66(78)69-41-34-58(49-81(69)93)61-37-44-75-72-22-10-16-28-85(72)98(88(75)52-61)65-40-33-56-47-64(32-31-57(56)48-65)84-55-91(99-86-29-17-11-23-73(86)76-45-38-62(53-89(76)99)59-35-42-70-67-20-8-14-26-79(67)94(3,4)82(70)50-59)97-92(96-84)100-87-30-18-12-24-74(87)77-46-39-63(54-90(77)100)60-36-43-71-68-21-9-15-27-80(68)95(5,6)83(71)51-60/h7-55H,1-6H3. The summed E-state index contributed by atoms with van der Waals surface area (Å²) in [6.07, 6.45) is 0. The van der Waals surface area contributed by atoms with E-state index in [-0.39, 0.29) is 16.2 Å². The van der Waals surface area contributed by atoms with Crippen LogP contribution < -0.4 is 0 Å². The first-order valence-electron chi connectivity index (χ1n) is 35.1. The number of hydrogen-bond donors (Lipinski definition) is 0. The molecule has 0 N–H and O–H groups in total. The van der Waals surface area contributed by atoms with Crippen molar-refractivity contribution in [2.45, 2.75) is 57.8 Å². The Bertz CT molecular complexity index is 6390. The molecule has 18 aromatic rings. The van der Waals surface area contributed by atoms with E-state index < -0.39 is 0 Å². The minimum absolute atomic E-state index is 0.0929. The Kier molecular flexibility index (Phi) is 11.6. The predicted octanol–water partition coefficient (Wildman–Crippen LogP) is 24.5. The van der Waals surface area contributed by atoms with Crippen LogP contribution in [0.25, 0.3) is 172 Å². The van der Waals surface area contributed by atoms with Crippen LogP contribution in [0.5, 0.6) is 0 Å². The van der Waals surface area contributed by atoms with Crippen LogP contribution in [0, 0.1) is 0 Å². The highest BCUT2D eigenvalue weighted by molar-refractivity contribution is 6.13. The van der Waals surface area contributed by atoms with Crippen LogP contribution >= 0.6 is 0 Å². The van der Waals surface area contributed by atoms with E-state index in [9.17, 15) is 0 Å². The number of rotatable bonds is 7. The van der Waals surface area contributed by atoms with Crippen molar-refractivity contribution in [2.24, 2.45) is 0 Å². The second kappa shape index (κ2) is 20.5. The number of nitrogens with zero attached hydrogens (tertiary/aromatic N) is 5. The smallest absolute Gasteiger partial charge is 0.237 e.